The molecule has 0 saturated heterocycles. The summed E-state index contributed by atoms with van der Waals surface area (Å²) in [5.74, 6) is 0.0473. The fraction of sp³-hybridized carbons (Fsp3) is 0.533. The van der Waals surface area contributed by atoms with Crippen molar-refractivity contribution in [1.82, 2.24) is 5.32 Å². The highest BCUT2D eigenvalue weighted by atomic mass is 16.1. The van der Waals surface area contributed by atoms with Crippen LogP contribution in [-0.4, -0.2) is 18.5 Å². The van der Waals surface area contributed by atoms with Crippen LogP contribution in [-0.2, 0) is 0 Å². The highest BCUT2D eigenvalue weighted by Gasteiger charge is 2.46. The summed E-state index contributed by atoms with van der Waals surface area (Å²) in [6, 6.07) is 6.22. The minimum atomic E-state index is 0.0473. The van der Waals surface area contributed by atoms with Crippen LogP contribution >= 0.6 is 0 Å². The van der Waals surface area contributed by atoms with E-state index in [1.807, 2.05) is 25.1 Å². The Morgan fingerprint density at radius 3 is 2.61 bits per heavy atom. The van der Waals surface area contributed by atoms with E-state index in [9.17, 15) is 4.79 Å². The molecule has 1 aliphatic carbocycles. The molecule has 1 aromatic carbocycles. The van der Waals surface area contributed by atoms with Crippen LogP contribution in [0.3, 0.4) is 0 Å². The van der Waals surface area contributed by atoms with Gasteiger partial charge in [0.15, 0.2) is 0 Å². The Morgan fingerprint density at radius 2 is 2.11 bits per heavy atom. The fourth-order valence-corrected chi connectivity index (χ4v) is 2.18. The molecule has 0 spiro atoms. The molecule has 18 heavy (non-hydrogen) atoms. The topological polar surface area (TPSA) is 41.1 Å². The number of benzene rings is 1. The molecule has 1 aromatic rings. The Morgan fingerprint density at radius 1 is 1.44 bits per heavy atom. The van der Waals surface area contributed by atoms with E-state index in [2.05, 4.69) is 31.4 Å². The van der Waals surface area contributed by atoms with E-state index >= 15 is 0 Å². The zero-order valence-electron chi connectivity index (χ0n) is 11.6. The molecule has 98 valence electrons. The van der Waals surface area contributed by atoms with E-state index in [0.717, 1.165) is 29.8 Å². The Labute approximate surface area is 109 Å². The van der Waals surface area contributed by atoms with Crippen LogP contribution in [0.4, 0.5) is 5.69 Å². The first kappa shape index (κ1) is 12.9. The highest BCUT2D eigenvalue weighted by molar-refractivity contribution is 5.96. The standard InChI is InChI=1S/C15H22N2O/c1-5-16-11-6-7-12(10(2)8-11)14(18)17-13-9-15(13,3)4/h6-8,13,16H,5,9H2,1-4H3,(H,17,18). The third kappa shape index (κ3) is 2.66. The van der Waals surface area contributed by atoms with Gasteiger partial charge in [-0.1, -0.05) is 13.8 Å². The first-order valence-electron chi connectivity index (χ1n) is 6.59. The first-order chi connectivity index (χ1) is 8.44. The molecule has 3 heteroatoms. The summed E-state index contributed by atoms with van der Waals surface area (Å²) in [6.45, 7) is 9.29. The van der Waals surface area contributed by atoms with Gasteiger partial charge in [0.25, 0.3) is 5.91 Å². The van der Waals surface area contributed by atoms with E-state index in [1.165, 1.54) is 0 Å². The van der Waals surface area contributed by atoms with Crippen LogP contribution in [0, 0.1) is 12.3 Å². The summed E-state index contributed by atoms with van der Waals surface area (Å²) in [4.78, 5) is 12.1. The molecule has 1 unspecified atom stereocenters. The number of amides is 1. The van der Waals surface area contributed by atoms with E-state index in [1.54, 1.807) is 0 Å². The molecule has 1 saturated carbocycles. The number of carbonyl (C=O) groups excluding carboxylic acids is 1. The molecule has 3 nitrogen and oxygen atoms in total. The summed E-state index contributed by atoms with van der Waals surface area (Å²) < 4.78 is 0. The van der Waals surface area contributed by atoms with Crippen LogP contribution in [0.2, 0.25) is 0 Å². The maximum absolute atomic E-state index is 12.1. The van der Waals surface area contributed by atoms with Crippen LogP contribution in [0.25, 0.3) is 0 Å². The van der Waals surface area contributed by atoms with Crippen LogP contribution in [0.1, 0.15) is 43.1 Å². The maximum atomic E-state index is 12.1. The number of hydrogen-bond donors (Lipinski definition) is 2. The van der Waals surface area contributed by atoms with Crippen molar-refractivity contribution >= 4 is 11.6 Å². The number of nitrogens with one attached hydrogen (secondary N) is 2. The van der Waals surface area contributed by atoms with Crippen LogP contribution in [0.15, 0.2) is 18.2 Å². The predicted molar refractivity (Wildman–Crippen MR) is 75.0 cm³/mol. The van der Waals surface area contributed by atoms with Crippen molar-refractivity contribution < 1.29 is 4.79 Å². The number of aryl methyl sites for hydroxylation is 1. The smallest absolute Gasteiger partial charge is 0.251 e. The predicted octanol–water partition coefficient (Wildman–Crippen LogP) is 2.96. The van der Waals surface area contributed by atoms with Gasteiger partial charge in [-0.25, -0.2) is 0 Å². The van der Waals surface area contributed by atoms with Gasteiger partial charge in [0, 0.05) is 23.8 Å². The molecular formula is C15H22N2O. The average molecular weight is 246 g/mol. The van der Waals surface area contributed by atoms with E-state index in [-0.39, 0.29) is 11.3 Å². The van der Waals surface area contributed by atoms with E-state index < -0.39 is 0 Å². The summed E-state index contributed by atoms with van der Waals surface area (Å²) in [5.41, 5.74) is 3.13. The number of anilines is 1. The molecule has 2 rings (SSSR count). The van der Waals surface area contributed by atoms with Crippen molar-refractivity contribution in [3.05, 3.63) is 29.3 Å². The zero-order valence-corrected chi connectivity index (χ0v) is 11.6. The van der Waals surface area contributed by atoms with Crippen LogP contribution < -0.4 is 10.6 Å². The number of carbonyl (C=O) groups is 1. The van der Waals surface area contributed by atoms with Crippen molar-refractivity contribution in [1.29, 1.82) is 0 Å². The Bertz CT molecular complexity index is 466. The van der Waals surface area contributed by atoms with Crippen molar-refractivity contribution in [2.75, 3.05) is 11.9 Å². The SMILES string of the molecule is CCNc1ccc(C(=O)NC2CC2(C)C)c(C)c1. The second kappa shape index (κ2) is 4.63. The third-order valence-electron chi connectivity index (χ3n) is 3.67. The Kier molecular flexibility index (Phi) is 3.33. The lowest BCUT2D eigenvalue weighted by Crippen LogP contribution is -2.28. The second-order valence-corrected chi connectivity index (χ2v) is 5.78. The molecule has 1 atom stereocenters. The maximum Gasteiger partial charge on any atom is 0.251 e. The quantitative estimate of drug-likeness (QED) is 0.857. The van der Waals surface area contributed by atoms with Gasteiger partial charge >= 0.3 is 0 Å². The Hall–Kier alpha value is -1.51. The van der Waals surface area contributed by atoms with Gasteiger partial charge in [-0.2, -0.15) is 0 Å². The third-order valence-corrected chi connectivity index (χ3v) is 3.67. The summed E-state index contributed by atoms with van der Waals surface area (Å²) >= 11 is 0. The van der Waals surface area contributed by atoms with Crippen molar-refractivity contribution in [3.63, 3.8) is 0 Å². The van der Waals surface area contributed by atoms with Crippen LogP contribution in [0.5, 0.6) is 0 Å². The molecule has 0 aromatic heterocycles. The fourth-order valence-electron chi connectivity index (χ4n) is 2.18. The molecule has 0 radical (unpaired) electrons. The Balaban J connectivity index is 2.06. The number of hydrogen-bond acceptors (Lipinski definition) is 2. The number of rotatable bonds is 4. The van der Waals surface area contributed by atoms with E-state index in [4.69, 9.17) is 0 Å². The molecule has 1 aliphatic rings. The lowest BCUT2D eigenvalue weighted by molar-refractivity contribution is 0.0946. The lowest BCUT2D eigenvalue weighted by Gasteiger charge is -2.11. The lowest BCUT2D eigenvalue weighted by atomic mass is 10.1. The minimum Gasteiger partial charge on any atom is -0.385 e. The van der Waals surface area contributed by atoms with Gasteiger partial charge in [0.2, 0.25) is 0 Å². The van der Waals surface area contributed by atoms with Gasteiger partial charge in [0.1, 0.15) is 0 Å². The van der Waals surface area contributed by atoms with Crippen molar-refractivity contribution in [2.24, 2.45) is 5.41 Å². The first-order valence-corrected chi connectivity index (χ1v) is 6.59. The molecule has 0 bridgehead atoms. The second-order valence-electron chi connectivity index (χ2n) is 5.78. The van der Waals surface area contributed by atoms with Gasteiger partial charge in [-0.3, -0.25) is 4.79 Å². The zero-order chi connectivity index (χ0) is 13.3. The monoisotopic (exact) mass is 246 g/mol. The van der Waals surface area contributed by atoms with Gasteiger partial charge in [-0.05, 0) is 49.4 Å². The molecule has 0 heterocycles. The highest BCUT2D eigenvalue weighted by Crippen LogP contribution is 2.44. The van der Waals surface area contributed by atoms with E-state index in [0.29, 0.717) is 6.04 Å². The molecule has 0 aliphatic heterocycles. The van der Waals surface area contributed by atoms with Gasteiger partial charge in [0.05, 0.1) is 0 Å². The summed E-state index contributed by atoms with van der Waals surface area (Å²) in [7, 11) is 0. The van der Waals surface area contributed by atoms with Crippen molar-refractivity contribution in [3.8, 4) is 0 Å². The van der Waals surface area contributed by atoms with Gasteiger partial charge in [-0.15, -0.1) is 0 Å². The van der Waals surface area contributed by atoms with Crippen molar-refractivity contribution in [2.45, 2.75) is 40.2 Å². The molecule has 2 N–H and O–H groups in total. The molecule has 1 amide bonds. The van der Waals surface area contributed by atoms with Gasteiger partial charge < -0.3 is 10.6 Å². The summed E-state index contributed by atoms with van der Waals surface area (Å²) in [5, 5.41) is 6.34. The average Bonchev–Trinajstić information content (AvgIpc) is 2.86. The largest absolute Gasteiger partial charge is 0.385 e. The minimum absolute atomic E-state index is 0.0473. The normalized spacial score (nSPS) is 20.3. The summed E-state index contributed by atoms with van der Waals surface area (Å²) in [6.07, 6.45) is 1.08. The molecular weight excluding hydrogens is 224 g/mol. The molecule has 1 fully saturated rings.